The first-order valence-corrected chi connectivity index (χ1v) is 6.82. The van der Waals surface area contributed by atoms with Crippen molar-refractivity contribution < 1.29 is 13.9 Å². The molecule has 2 aromatic carbocycles. The summed E-state index contributed by atoms with van der Waals surface area (Å²) in [6.07, 6.45) is 0. The van der Waals surface area contributed by atoms with Crippen LogP contribution >= 0.6 is 27.5 Å². The summed E-state index contributed by atoms with van der Waals surface area (Å²) in [6.45, 7) is -0.114. The van der Waals surface area contributed by atoms with Crippen molar-refractivity contribution in [2.45, 2.75) is 6.61 Å². The third-order valence-corrected chi connectivity index (χ3v) is 3.95. The molecule has 2 rings (SSSR count). The smallest absolute Gasteiger partial charge is 0.339 e. The van der Waals surface area contributed by atoms with Gasteiger partial charge in [-0.15, -0.1) is 0 Å². The number of hydrogen-bond acceptors (Lipinski definition) is 3. The molecule has 0 aliphatic rings. The number of nitrogen functional groups attached to an aromatic ring is 1. The average Bonchev–Trinajstić information content (AvgIpc) is 2.43. The van der Waals surface area contributed by atoms with Gasteiger partial charge in [0.25, 0.3) is 0 Å². The SMILES string of the molecule is Nc1cccc(C(=O)OCc2cccc(F)c2Cl)c1Br. The lowest BCUT2D eigenvalue weighted by molar-refractivity contribution is 0.0471. The first kappa shape index (κ1) is 14.8. The van der Waals surface area contributed by atoms with Gasteiger partial charge < -0.3 is 10.5 Å². The standard InChI is InChI=1S/C14H10BrClFNO2/c15-12-9(4-2-6-11(12)18)14(19)20-7-8-3-1-5-10(17)13(8)16/h1-6H,7,18H2. The topological polar surface area (TPSA) is 52.3 Å². The van der Waals surface area contributed by atoms with Crippen molar-refractivity contribution in [3.63, 3.8) is 0 Å². The fourth-order valence-corrected chi connectivity index (χ4v) is 2.20. The quantitative estimate of drug-likeness (QED) is 0.661. The number of halogens is 3. The molecule has 0 fully saturated rings. The van der Waals surface area contributed by atoms with E-state index in [4.69, 9.17) is 22.1 Å². The van der Waals surface area contributed by atoms with Crippen molar-refractivity contribution in [1.82, 2.24) is 0 Å². The van der Waals surface area contributed by atoms with Gasteiger partial charge in [0.15, 0.2) is 0 Å². The molecular formula is C14H10BrClFNO2. The van der Waals surface area contributed by atoms with Gasteiger partial charge in [0.1, 0.15) is 12.4 Å². The molecule has 0 aromatic heterocycles. The van der Waals surface area contributed by atoms with Crippen molar-refractivity contribution >= 4 is 39.2 Å². The molecule has 0 amide bonds. The molecule has 104 valence electrons. The average molecular weight is 359 g/mol. The Morgan fingerprint density at radius 2 is 2.00 bits per heavy atom. The second-order valence-corrected chi connectivity index (χ2v) is 5.17. The van der Waals surface area contributed by atoms with E-state index in [0.717, 1.165) is 0 Å². The number of rotatable bonds is 3. The highest BCUT2D eigenvalue weighted by molar-refractivity contribution is 9.10. The fourth-order valence-electron chi connectivity index (χ4n) is 1.59. The summed E-state index contributed by atoms with van der Waals surface area (Å²) >= 11 is 9.00. The lowest BCUT2D eigenvalue weighted by Gasteiger charge is -2.09. The zero-order valence-corrected chi connectivity index (χ0v) is 12.5. The number of hydrogen-bond donors (Lipinski definition) is 1. The van der Waals surface area contributed by atoms with Crippen LogP contribution in [-0.2, 0) is 11.3 Å². The molecule has 0 atom stereocenters. The largest absolute Gasteiger partial charge is 0.457 e. The minimum absolute atomic E-state index is 0.0491. The monoisotopic (exact) mass is 357 g/mol. The maximum atomic E-state index is 13.2. The predicted octanol–water partition coefficient (Wildman–Crippen LogP) is 4.18. The van der Waals surface area contributed by atoms with Crippen LogP contribution in [0.1, 0.15) is 15.9 Å². The van der Waals surface area contributed by atoms with Crippen molar-refractivity contribution in [2.75, 3.05) is 5.73 Å². The highest BCUT2D eigenvalue weighted by Crippen LogP contribution is 2.25. The van der Waals surface area contributed by atoms with Gasteiger partial charge in [-0.05, 0) is 34.1 Å². The molecule has 0 bridgehead atoms. The summed E-state index contributed by atoms with van der Waals surface area (Å²) in [4.78, 5) is 11.9. The number of anilines is 1. The Morgan fingerprint density at radius 1 is 1.30 bits per heavy atom. The minimum atomic E-state index is -0.565. The second-order valence-electron chi connectivity index (χ2n) is 4.00. The van der Waals surface area contributed by atoms with E-state index in [2.05, 4.69) is 15.9 Å². The van der Waals surface area contributed by atoms with Gasteiger partial charge in [-0.25, -0.2) is 9.18 Å². The molecule has 3 nitrogen and oxygen atoms in total. The molecule has 0 saturated heterocycles. The van der Waals surface area contributed by atoms with E-state index in [0.29, 0.717) is 21.3 Å². The number of nitrogens with two attached hydrogens (primary N) is 1. The molecule has 2 N–H and O–H groups in total. The summed E-state index contributed by atoms with van der Waals surface area (Å²) in [5.41, 5.74) is 6.82. The molecular weight excluding hydrogens is 349 g/mol. The second kappa shape index (κ2) is 6.24. The Balaban J connectivity index is 2.13. The van der Waals surface area contributed by atoms with Gasteiger partial charge in [0.2, 0.25) is 0 Å². The Kier molecular flexibility index (Phi) is 4.62. The first-order chi connectivity index (χ1) is 9.50. The van der Waals surface area contributed by atoms with Crippen molar-refractivity contribution in [3.05, 3.63) is 62.8 Å². The van der Waals surface area contributed by atoms with Crippen LogP contribution in [0.25, 0.3) is 0 Å². The van der Waals surface area contributed by atoms with Crippen LogP contribution in [0.3, 0.4) is 0 Å². The maximum absolute atomic E-state index is 13.2. The van der Waals surface area contributed by atoms with Crippen LogP contribution in [0.4, 0.5) is 10.1 Å². The third-order valence-electron chi connectivity index (χ3n) is 2.64. The van der Waals surface area contributed by atoms with E-state index in [9.17, 15) is 9.18 Å². The summed E-state index contributed by atoms with van der Waals surface area (Å²) in [5.74, 6) is -1.12. The van der Waals surface area contributed by atoms with Gasteiger partial charge in [-0.1, -0.05) is 29.8 Å². The van der Waals surface area contributed by atoms with E-state index in [-0.39, 0.29) is 11.6 Å². The van der Waals surface area contributed by atoms with E-state index in [1.54, 1.807) is 24.3 Å². The van der Waals surface area contributed by atoms with E-state index in [1.807, 2.05) is 0 Å². The molecule has 0 unspecified atom stereocenters. The predicted molar refractivity (Wildman–Crippen MR) is 79.1 cm³/mol. The molecule has 2 aromatic rings. The van der Waals surface area contributed by atoms with Crippen LogP contribution < -0.4 is 5.73 Å². The molecule has 0 spiro atoms. The summed E-state index contributed by atoms with van der Waals surface area (Å²) in [6, 6.07) is 9.21. The Bertz CT molecular complexity index is 664. The molecule has 20 heavy (non-hydrogen) atoms. The van der Waals surface area contributed by atoms with Crippen molar-refractivity contribution in [2.24, 2.45) is 0 Å². The number of carbonyl (C=O) groups excluding carboxylic acids is 1. The lowest BCUT2D eigenvalue weighted by Crippen LogP contribution is -2.07. The van der Waals surface area contributed by atoms with Crippen molar-refractivity contribution in [3.8, 4) is 0 Å². The Hall–Kier alpha value is -1.59. The molecule has 0 radical (unpaired) electrons. The summed E-state index contributed by atoms with van der Waals surface area (Å²) in [5, 5.41) is -0.0491. The molecule has 6 heteroatoms. The number of benzene rings is 2. The van der Waals surface area contributed by atoms with Gasteiger partial charge in [0, 0.05) is 11.3 Å². The van der Waals surface area contributed by atoms with Crippen molar-refractivity contribution in [1.29, 1.82) is 0 Å². The van der Waals surface area contributed by atoms with E-state index < -0.39 is 11.8 Å². The van der Waals surface area contributed by atoms with E-state index in [1.165, 1.54) is 12.1 Å². The zero-order chi connectivity index (χ0) is 14.7. The van der Waals surface area contributed by atoms with Gasteiger partial charge >= 0.3 is 5.97 Å². The fraction of sp³-hybridized carbons (Fsp3) is 0.0714. The Morgan fingerprint density at radius 3 is 2.75 bits per heavy atom. The molecule has 0 aliphatic heterocycles. The Labute approximate surface area is 128 Å². The highest BCUT2D eigenvalue weighted by atomic mass is 79.9. The van der Waals surface area contributed by atoms with Gasteiger partial charge in [-0.3, -0.25) is 0 Å². The first-order valence-electron chi connectivity index (χ1n) is 5.64. The molecule has 0 saturated carbocycles. The van der Waals surface area contributed by atoms with Crippen LogP contribution in [0.5, 0.6) is 0 Å². The summed E-state index contributed by atoms with van der Waals surface area (Å²) in [7, 11) is 0. The number of esters is 1. The van der Waals surface area contributed by atoms with E-state index >= 15 is 0 Å². The van der Waals surface area contributed by atoms with Crippen LogP contribution in [0, 0.1) is 5.82 Å². The van der Waals surface area contributed by atoms with Gasteiger partial charge in [-0.2, -0.15) is 0 Å². The van der Waals surface area contributed by atoms with Crippen LogP contribution in [-0.4, -0.2) is 5.97 Å². The minimum Gasteiger partial charge on any atom is -0.457 e. The lowest BCUT2D eigenvalue weighted by atomic mass is 10.2. The molecule has 0 heterocycles. The number of carbonyl (C=O) groups is 1. The van der Waals surface area contributed by atoms with Gasteiger partial charge in [0.05, 0.1) is 15.1 Å². The maximum Gasteiger partial charge on any atom is 0.339 e. The third kappa shape index (κ3) is 3.11. The zero-order valence-electron chi connectivity index (χ0n) is 10.2. The van der Waals surface area contributed by atoms with Crippen LogP contribution in [0.2, 0.25) is 5.02 Å². The summed E-state index contributed by atoms with van der Waals surface area (Å²) < 4.78 is 18.8. The molecule has 0 aliphatic carbocycles. The number of ether oxygens (including phenoxy) is 1. The normalized spacial score (nSPS) is 10.3. The van der Waals surface area contributed by atoms with Crippen LogP contribution in [0.15, 0.2) is 40.9 Å². The highest BCUT2D eigenvalue weighted by Gasteiger charge is 2.14.